The zero-order valence-electron chi connectivity index (χ0n) is 8.57. The summed E-state index contributed by atoms with van der Waals surface area (Å²) in [6.45, 7) is 2.08. The maximum absolute atomic E-state index is 11.2. The molecule has 3 nitrogen and oxygen atoms in total. The van der Waals surface area contributed by atoms with E-state index in [1.165, 1.54) is 0 Å². The third kappa shape index (κ3) is 3.90. The summed E-state index contributed by atoms with van der Waals surface area (Å²) >= 11 is 5.72. The van der Waals surface area contributed by atoms with E-state index in [1.54, 1.807) is 12.1 Å². The molecule has 0 saturated carbocycles. The zero-order valence-corrected chi connectivity index (χ0v) is 9.33. The molecule has 1 rings (SSSR count). The van der Waals surface area contributed by atoms with Crippen LogP contribution in [0.25, 0.3) is 0 Å². The lowest BCUT2D eigenvalue weighted by Crippen LogP contribution is -2.31. The summed E-state index contributed by atoms with van der Waals surface area (Å²) in [7, 11) is 0. The summed E-state index contributed by atoms with van der Waals surface area (Å²) in [5, 5.41) is 0.662. The first-order chi connectivity index (χ1) is 7.13. The first-order valence-corrected chi connectivity index (χ1v) is 5.18. The maximum Gasteiger partial charge on any atom is 0.323 e. The van der Waals surface area contributed by atoms with Crippen LogP contribution in [-0.2, 0) is 16.1 Å². The molecule has 1 unspecified atom stereocenters. The van der Waals surface area contributed by atoms with Crippen molar-refractivity contribution < 1.29 is 9.53 Å². The number of rotatable bonds is 4. The molecule has 0 amide bonds. The van der Waals surface area contributed by atoms with Crippen molar-refractivity contribution >= 4 is 17.6 Å². The van der Waals surface area contributed by atoms with Gasteiger partial charge in [-0.2, -0.15) is 0 Å². The van der Waals surface area contributed by atoms with Crippen LogP contribution >= 0.6 is 11.6 Å². The first kappa shape index (κ1) is 12.0. The summed E-state index contributed by atoms with van der Waals surface area (Å²) in [6, 6.07) is 6.60. The Hall–Kier alpha value is -1.06. The molecular formula is C11H14ClNO2. The van der Waals surface area contributed by atoms with Gasteiger partial charge in [0.25, 0.3) is 0 Å². The second kappa shape index (κ2) is 5.73. The lowest BCUT2D eigenvalue weighted by molar-refractivity contribution is -0.146. The molecule has 4 heteroatoms. The van der Waals surface area contributed by atoms with E-state index in [4.69, 9.17) is 22.1 Å². The van der Waals surface area contributed by atoms with Crippen LogP contribution in [0.1, 0.15) is 18.9 Å². The molecule has 1 aromatic rings. The van der Waals surface area contributed by atoms with Crippen molar-refractivity contribution in [1.82, 2.24) is 0 Å². The van der Waals surface area contributed by atoms with Crippen molar-refractivity contribution in [3.63, 3.8) is 0 Å². The van der Waals surface area contributed by atoms with Gasteiger partial charge in [0.1, 0.15) is 12.6 Å². The minimum atomic E-state index is -0.530. The molecule has 0 saturated heterocycles. The van der Waals surface area contributed by atoms with E-state index in [9.17, 15) is 4.79 Å². The predicted molar refractivity (Wildman–Crippen MR) is 59.5 cm³/mol. The van der Waals surface area contributed by atoms with E-state index in [1.807, 2.05) is 19.1 Å². The van der Waals surface area contributed by atoms with Gasteiger partial charge in [0, 0.05) is 5.02 Å². The molecule has 0 aromatic heterocycles. The van der Waals surface area contributed by atoms with Gasteiger partial charge in [-0.25, -0.2) is 0 Å². The minimum Gasteiger partial charge on any atom is -0.460 e. The third-order valence-corrected chi connectivity index (χ3v) is 2.29. The zero-order chi connectivity index (χ0) is 11.3. The molecule has 1 atom stereocenters. The molecule has 0 fully saturated rings. The lowest BCUT2D eigenvalue weighted by atomic mass is 10.2. The van der Waals surface area contributed by atoms with Crippen molar-refractivity contribution in [3.05, 3.63) is 34.9 Å². The number of hydrogen-bond acceptors (Lipinski definition) is 3. The maximum atomic E-state index is 11.2. The normalized spacial score (nSPS) is 12.2. The van der Waals surface area contributed by atoms with Crippen molar-refractivity contribution in [1.29, 1.82) is 0 Å². The van der Waals surface area contributed by atoms with Crippen LogP contribution in [0.2, 0.25) is 5.02 Å². The Bertz CT molecular complexity index is 324. The van der Waals surface area contributed by atoms with E-state index < -0.39 is 6.04 Å². The summed E-state index contributed by atoms with van der Waals surface area (Å²) in [5.41, 5.74) is 6.41. The van der Waals surface area contributed by atoms with Crippen LogP contribution in [-0.4, -0.2) is 12.0 Å². The standard InChI is InChI=1S/C11H14ClNO2/c1-2-10(13)11(14)15-7-8-3-5-9(12)6-4-8/h3-6,10H,2,7,13H2,1H3. The van der Waals surface area contributed by atoms with Gasteiger partial charge in [-0.05, 0) is 24.1 Å². The van der Waals surface area contributed by atoms with Gasteiger partial charge < -0.3 is 10.5 Å². The molecule has 0 spiro atoms. The van der Waals surface area contributed by atoms with Crippen molar-refractivity contribution in [2.24, 2.45) is 5.73 Å². The third-order valence-electron chi connectivity index (χ3n) is 2.04. The molecule has 0 heterocycles. The number of benzene rings is 1. The number of ether oxygens (including phenoxy) is 1. The van der Waals surface area contributed by atoms with Crippen LogP contribution in [0, 0.1) is 0 Å². The lowest BCUT2D eigenvalue weighted by Gasteiger charge is -2.09. The van der Waals surface area contributed by atoms with Gasteiger partial charge in [0.2, 0.25) is 0 Å². The van der Waals surface area contributed by atoms with Gasteiger partial charge in [0.15, 0.2) is 0 Å². The number of nitrogens with two attached hydrogens (primary N) is 1. The molecule has 0 aliphatic carbocycles. The van der Waals surface area contributed by atoms with Crippen molar-refractivity contribution in [2.45, 2.75) is 26.0 Å². The molecule has 1 aromatic carbocycles. The van der Waals surface area contributed by atoms with Crippen LogP contribution in [0.5, 0.6) is 0 Å². The Kier molecular flexibility index (Phi) is 4.59. The largest absolute Gasteiger partial charge is 0.460 e. The minimum absolute atomic E-state index is 0.240. The second-order valence-electron chi connectivity index (χ2n) is 3.25. The highest BCUT2D eigenvalue weighted by molar-refractivity contribution is 6.30. The Labute approximate surface area is 94.2 Å². The Morgan fingerprint density at radius 1 is 1.47 bits per heavy atom. The second-order valence-corrected chi connectivity index (χ2v) is 3.69. The molecule has 0 radical (unpaired) electrons. The highest BCUT2D eigenvalue weighted by atomic mass is 35.5. The molecule has 0 aliphatic rings. The fourth-order valence-corrected chi connectivity index (χ4v) is 1.13. The number of carbonyl (C=O) groups is 1. The van der Waals surface area contributed by atoms with Crippen LogP contribution in [0.3, 0.4) is 0 Å². The first-order valence-electron chi connectivity index (χ1n) is 4.80. The topological polar surface area (TPSA) is 52.3 Å². The summed E-state index contributed by atoms with van der Waals surface area (Å²) in [6.07, 6.45) is 0.583. The van der Waals surface area contributed by atoms with Crippen LogP contribution in [0.15, 0.2) is 24.3 Å². The molecular weight excluding hydrogens is 214 g/mol. The fourth-order valence-electron chi connectivity index (χ4n) is 1.01. The number of hydrogen-bond donors (Lipinski definition) is 1. The van der Waals surface area contributed by atoms with Crippen LogP contribution in [0.4, 0.5) is 0 Å². The van der Waals surface area contributed by atoms with Gasteiger partial charge >= 0.3 is 5.97 Å². The van der Waals surface area contributed by atoms with Gasteiger partial charge in [-0.15, -0.1) is 0 Å². The van der Waals surface area contributed by atoms with E-state index in [0.717, 1.165) is 5.56 Å². The van der Waals surface area contributed by atoms with E-state index in [2.05, 4.69) is 0 Å². The SMILES string of the molecule is CCC(N)C(=O)OCc1ccc(Cl)cc1. The smallest absolute Gasteiger partial charge is 0.323 e. The molecule has 0 aliphatic heterocycles. The predicted octanol–water partition coefficient (Wildman–Crippen LogP) is 2.12. The highest BCUT2D eigenvalue weighted by Gasteiger charge is 2.11. The van der Waals surface area contributed by atoms with Gasteiger partial charge in [-0.3, -0.25) is 4.79 Å². The van der Waals surface area contributed by atoms with E-state index >= 15 is 0 Å². The number of carbonyl (C=O) groups excluding carboxylic acids is 1. The number of esters is 1. The summed E-state index contributed by atoms with van der Waals surface area (Å²) in [5.74, 6) is -0.368. The monoisotopic (exact) mass is 227 g/mol. The quantitative estimate of drug-likeness (QED) is 0.802. The highest BCUT2D eigenvalue weighted by Crippen LogP contribution is 2.10. The molecule has 2 N–H and O–H groups in total. The Morgan fingerprint density at radius 3 is 2.60 bits per heavy atom. The average Bonchev–Trinajstić information content (AvgIpc) is 2.26. The van der Waals surface area contributed by atoms with Gasteiger partial charge in [0.05, 0.1) is 0 Å². The Morgan fingerprint density at radius 2 is 2.07 bits per heavy atom. The fraction of sp³-hybridized carbons (Fsp3) is 0.364. The Balaban J connectivity index is 2.43. The van der Waals surface area contributed by atoms with E-state index in [0.29, 0.717) is 11.4 Å². The van der Waals surface area contributed by atoms with Crippen LogP contribution < -0.4 is 5.73 Å². The summed E-state index contributed by atoms with van der Waals surface area (Å²) in [4.78, 5) is 11.2. The van der Waals surface area contributed by atoms with E-state index in [-0.39, 0.29) is 12.6 Å². The van der Waals surface area contributed by atoms with Crippen molar-refractivity contribution in [3.8, 4) is 0 Å². The van der Waals surface area contributed by atoms with Crippen molar-refractivity contribution in [2.75, 3.05) is 0 Å². The number of halogens is 1. The molecule has 0 bridgehead atoms. The summed E-state index contributed by atoms with van der Waals surface area (Å²) < 4.78 is 5.01. The average molecular weight is 228 g/mol. The van der Waals surface area contributed by atoms with Gasteiger partial charge in [-0.1, -0.05) is 30.7 Å². The molecule has 15 heavy (non-hydrogen) atoms. The molecule has 82 valence electrons.